The maximum atomic E-state index is 11.1. The molecule has 3 heteroatoms. The van der Waals surface area contributed by atoms with Gasteiger partial charge in [0.15, 0.2) is 0 Å². The summed E-state index contributed by atoms with van der Waals surface area (Å²) in [7, 11) is 1.63. The number of esters is 1. The number of rotatable bonds is 2. The second kappa shape index (κ2) is 3.57. The first-order valence-corrected chi connectivity index (χ1v) is 5.00. The number of ether oxygens (including phenoxy) is 2. The van der Waals surface area contributed by atoms with Gasteiger partial charge in [-0.05, 0) is 24.6 Å². The third kappa shape index (κ3) is 1.82. The third-order valence-electron chi connectivity index (χ3n) is 2.85. The molecule has 1 fully saturated rings. The van der Waals surface area contributed by atoms with E-state index in [2.05, 4.69) is 0 Å². The van der Waals surface area contributed by atoms with E-state index in [1.54, 1.807) is 7.11 Å². The van der Waals surface area contributed by atoms with Gasteiger partial charge in [-0.1, -0.05) is 12.1 Å². The Hall–Kier alpha value is -1.51. The molecule has 1 heterocycles. The predicted octanol–water partition coefficient (Wildman–Crippen LogP) is 2.25. The average molecular weight is 206 g/mol. The van der Waals surface area contributed by atoms with Crippen LogP contribution in [0.25, 0.3) is 0 Å². The SMILES string of the molecule is COc1ccc([C@]2(C)CCC(=O)O2)cc1. The van der Waals surface area contributed by atoms with E-state index < -0.39 is 5.60 Å². The van der Waals surface area contributed by atoms with Gasteiger partial charge in [0.2, 0.25) is 0 Å². The van der Waals surface area contributed by atoms with Gasteiger partial charge in [-0.15, -0.1) is 0 Å². The molecule has 80 valence electrons. The van der Waals surface area contributed by atoms with Crippen LogP contribution in [0.1, 0.15) is 25.3 Å². The van der Waals surface area contributed by atoms with E-state index >= 15 is 0 Å². The Morgan fingerprint density at radius 1 is 1.33 bits per heavy atom. The second-order valence-electron chi connectivity index (χ2n) is 3.93. The molecule has 2 rings (SSSR count). The highest BCUT2D eigenvalue weighted by Gasteiger charge is 2.37. The number of benzene rings is 1. The highest BCUT2D eigenvalue weighted by Crippen LogP contribution is 2.36. The van der Waals surface area contributed by atoms with Crippen LogP contribution >= 0.6 is 0 Å². The minimum atomic E-state index is -0.455. The lowest BCUT2D eigenvalue weighted by atomic mass is 9.93. The number of hydrogen-bond acceptors (Lipinski definition) is 3. The van der Waals surface area contributed by atoms with E-state index in [0.717, 1.165) is 17.7 Å². The number of cyclic esters (lactones) is 1. The van der Waals surface area contributed by atoms with Gasteiger partial charge in [0.05, 0.1) is 7.11 Å². The Labute approximate surface area is 89.0 Å². The molecule has 1 aliphatic heterocycles. The molecule has 0 radical (unpaired) electrons. The maximum Gasteiger partial charge on any atom is 0.306 e. The van der Waals surface area contributed by atoms with Crippen molar-refractivity contribution in [1.29, 1.82) is 0 Å². The van der Waals surface area contributed by atoms with Crippen LogP contribution in [0.4, 0.5) is 0 Å². The molecule has 1 aromatic carbocycles. The summed E-state index contributed by atoms with van der Waals surface area (Å²) in [6.45, 7) is 1.94. The van der Waals surface area contributed by atoms with Gasteiger partial charge in [-0.2, -0.15) is 0 Å². The van der Waals surface area contributed by atoms with Crippen LogP contribution in [0.3, 0.4) is 0 Å². The Morgan fingerprint density at radius 2 is 2.00 bits per heavy atom. The van der Waals surface area contributed by atoms with Crippen molar-refractivity contribution in [3.05, 3.63) is 29.8 Å². The highest BCUT2D eigenvalue weighted by molar-refractivity contribution is 5.72. The number of methoxy groups -OCH3 is 1. The van der Waals surface area contributed by atoms with Crippen molar-refractivity contribution in [2.75, 3.05) is 7.11 Å². The lowest BCUT2D eigenvalue weighted by Gasteiger charge is -2.23. The number of carbonyl (C=O) groups is 1. The molecule has 3 nitrogen and oxygen atoms in total. The van der Waals surface area contributed by atoms with Crippen LogP contribution in [-0.4, -0.2) is 13.1 Å². The standard InChI is InChI=1S/C12H14O3/c1-12(8-7-11(13)15-12)9-3-5-10(14-2)6-4-9/h3-6H,7-8H2,1-2H3/t12-/m0/s1. The Morgan fingerprint density at radius 3 is 2.47 bits per heavy atom. The van der Waals surface area contributed by atoms with Crippen molar-refractivity contribution >= 4 is 5.97 Å². The van der Waals surface area contributed by atoms with Crippen molar-refractivity contribution in [3.63, 3.8) is 0 Å². The molecule has 1 aromatic rings. The minimum Gasteiger partial charge on any atom is -0.497 e. The normalized spacial score (nSPS) is 25.1. The van der Waals surface area contributed by atoms with E-state index in [-0.39, 0.29) is 5.97 Å². The zero-order valence-corrected chi connectivity index (χ0v) is 8.95. The summed E-state index contributed by atoms with van der Waals surface area (Å²) in [5.74, 6) is 0.694. The third-order valence-corrected chi connectivity index (χ3v) is 2.85. The maximum absolute atomic E-state index is 11.1. The fraction of sp³-hybridized carbons (Fsp3) is 0.417. The van der Waals surface area contributed by atoms with E-state index in [9.17, 15) is 4.79 Å². The Bertz CT molecular complexity index is 369. The molecule has 0 amide bonds. The lowest BCUT2D eigenvalue weighted by Crippen LogP contribution is -2.20. The van der Waals surface area contributed by atoms with Crippen LogP contribution in [0.5, 0.6) is 5.75 Å². The van der Waals surface area contributed by atoms with Crippen LogP contribution < -0.4 is 4.74 Å². The first-order valence-electron chi connectivity index (χ1n) is 5.00. The number of carbonyl (C=O) groups excluding carboxylic acids is 1. The van der Waals surface area contributed by atoms with Crippen molar-refractivity contribution < 1.29 is 14.3 Å². The van der Waals surface area contributed by atoms with Gasteiger partial charge in [0, 0.05) is 12.8 Å². The first-order chi connectivity index (χ1) is 7.14. The van der Waals surface area contributed by atoms with E-state index in [4.69, 9.17) is 9.47 Å². The Balaban J connectivity index is 2.25. The molecular weight excluding hydrogens is 192 g/mol. The van der Waals surface area contributed by atoms with Gasteiger partial charge >= 0.3 is 5.97 Å². The van der Waals surface area contributed by atoms with Gasteiger partial charge in [0.25, 0.3) is 0 Å². The van der Waals surface area contributed by atoms with Gasteiger partial charge in [0.1, 0.15) is 11.4 Å². The topological polar surface area (TPSA) is 35.5 Å². The van der Waals surface area contributed by atoms with Gasteiger partial charge in [-0.3, -0.25) is 4.79 Å². The summed E-state index contributed by atoms with van der Waals surface area (Å²) in [4.78, 5) is 11.1. The molecule has 0 bridgehead atoms. The molecule has 0 aliphatic carbocycles. The smallest absolute Gasteiger partial charge is 0.306 e. The fourth-order valence-corrected chi connectivity index (χ4v) is 1.84. The van der Waals surface area contributed by atoms with Gasteiger partial charge < -0.3 is 9.47 Å². The summed E-state index contributed by atoms with van der Waals surface area (Å²) < 4.78 is 10.4. The minimum absolute atomic E-state index is 0.117. The van der Waals surface area contributed by atoms with Crippen molar-refractivity contribution in [1.82, 2.24) is 0 Å². The second-order valence-corrected chi connectivity index (χ2v) is 3.93. The van der Waals surface area contributed by atoms with E-state index in [1.165, 1.54) is 0 Å². The van der Waals surface area contributed by atoms with Crippen LogP contribution in [0, 0.1) is 0 Å². The summed E-state index contributed by atoms with van der Waals surface area (Å²) in [6.07, 6.45) is 1.25. The quantitative estimate of drug-likeness (QED) is 0.696. The first kappa shape index (κ1) is 10.0. The number of hydrogen-bond donors (Lipinski definition) is 0. The molecule has 1 saturated heterocycles. The molecule has 0 saturated carbocycles. The van der Waals surface area contributed by atoms with Crippen LogP contribution in [0.2, 0.25) is 0 Å². The van der Waals surface area contributed by atoms with Gasteiger partial charge in [-0.25, -0.2) is 0 Å². The molecule has 0 N–H and O–H groups in total. The molecule has 0 unspecified atom stereocenters. The monoisotopic (exact) mass is 206 g/mol. The molecule has 15 heavy (non-hydrogen) atoms. The summed E-state index contributed by atoms with van der Waals surface area (Å²) in [5.41, 5.74) is 0.567. The summed E-state index contributed by atoms with van der Waals surface area (Å²) in [5, 5.41) is 0. The van der Waals surface area contributed by atoms with Crippen molar-refractivity contribution in [3.8, 4) is 5.75 Å². The highest BCUT2D eigenvalue weighted by atomic mass is 16.6. The zero-order chi connectivity index (χ0) is 10.9. The molecule has 0 spiro atoms. The summed E-state index contributed by atoms with van der Waals surface area (Å²) in [6, 6.07) is 7.65. The van der Waals surface area contributed by atoms with Crippen molar-refractivity contribution in [2.45, 2.75) is 25.4 Å². The van der Waals surface area contributed by atoms with Crippen LogP contribution in [-0.2, 0) is 15.1 Å². The Kier molecular flexibility index (Phi) is 2.39. The fourth-order valence-electron chi connectivity index (χ4n) is 1.84. The molecule has 1 atom stereocenters. The molecular formula is C12H14O3. The van der Waals surface area contributed by atoms with Crippen LogP contribution in [0.15, 0.2) is 24.3 Å². The van der Waals surface area contributed by atoms with E-state index in [0.29, 0.717) is 6.42 Å². The largest absolute Gasteiger partial charge is 0.497 e. The van der Waals surface area contributed by atoms with Crippen molar-refractivity contribution in [2.24, 2.45) is 0 Å². The molecule has 1 aliphatic rings. The zero-order valence-electron chi connectivity index (χ0n) is 8.95. The average Bonchev–Trinajstić information content (AvgIpc) is 2.60. The summed E-state index contributed by atoms with van der Waals surface area (Å²) >= 11 is 0. The molecule has 0 aromatic heterocycles. The predicted molar refractivity (Wildman–Crippen MR) is 55.7 cm³/mol. The van der Waals surface area contributed by atoms with E-state index in [1.807, 2.05) is 31.2 Å². The lowest BCUT2D eigenvalue weighted by molar-refractivity contribution is -0.147.